The van der Waals surface area contributed by atoms with Gasteiger partial charge in [0.1, 0.15) is 0 Å². The van der Waals surface area contributed by atoms with Crippen LogP contribution >= 0.6 is 11.3 Å². The van der Waals surface area contributed by atoms with Gasteiger partial charge in [0.25, 0.3) is 5.91 Å². The highest BCUT2D eigenvalue weighted by atomic mass is 32.1. The average molecular weight is 434 g/mol. The lowest BCUT2D eigenvalue weighted by Gasteiger charge is -2.41. The third-order valence-corrected chi connectivity index (χ3v) is 6.37. The van der Waals surface area contributed by atoms with Crippen molar-refractivity contribution in [2.75, 3.05) is 26.2 Å². The Kier molecular flexibility index (Phi) is 6.92. The first kappa shape index (κ1) is 21.4. The number of benzene rings is 1. The molecule has 1 saturated heterocycles. The number of thiophene rings is 1. The van der Waals surface area contributed by atoms with E-state index < -0.39 is 5.60 Å². The number of morpholine rings is 1. The number of amides is 1. The first-order chi connectivity index (χ1) is 15.2. The molecule has 6 heteroatoms. The van der Waals surface area contributed by atoms with E-state index in [1.807, 2.05) is 18.2 Å². The number of carbonyl (C=O) groups is 1. The van der Waals surface area contributed by atoms with Crippen molar-refractivity contribution in [1.82, 2.24) is 15.2 Å². The van der Waals surface area contributed by atoms with E-state index in [-0.39, 0.29) is 5.91 Å². The van der Waals surface area contributed by atoms with Gasteiger partial charge in [0.2, 0.25) is 0 Å². The fourth-order valence-corrected chi connectivity index (χ4v) is 4.65. The summed E-state index contributed by atoms with van der Waals surface area (Å²) in [5.74, 6) is -0.0968. The first-order valence-electron chi connectivity index (χ1n) is 10.5. The van der Waals surface area contributed by atoms with Crippen molar-refractivity contribution in [3.63, 3.8) is 0 Å². The van der Waals surface area contributed by atoms with Gasteiger partial charge >= 0.3 is 0 Å². The van der Waals surface area contributed by atoms with Gasteiger partial charge in [-0.05, 0) is 34.7 Å². The molecule has 1 aliphatic rings. The molecule has 1 atom stereocenters. The summed E-state index contributed by atoms with van der Waals surface area (Å²) >= 11 is 1.72. The van der Waals surface area contributed by atoms with Crippen molar-refractivity contribution in [1.29, 1.82) is 0 Å². The molecular formula is C25H27N3O2S. The fourth-order valence-electron chi connectivity index (χ4n) is 3.92. The molecule has 3 heterocycles. The summed E-state index contributed by atoms with van der Waals surface area (Å²) in [6.07, 6.45) is 4.00. The van der Waals surface area contributed by atoms with Crippen molar-refractivity contribution in [2.45, 2.75) is 18.6 Å². The Labute approximate surface area is 187 Å². The SMILES string of the molecule is C=CCNC(=O)C1(Cc2ccc(-c3cccs3)cc2)CN(Cc2ccccn2)CCO1. The lowest BCUT2D eigenvalue weighted by Crippen LogP contribution is -2.61. The van der Waals surface area contributed by atoms with Gasteiger partial charge in [-0.2, -0.15) is 0 Å². The molecule has 0 spiro atoms. The molecule has 160 valence electrons. The van der Waals surface area contributed by atoms with Crippen LogP contribution in [0, 0.1) is 0 Å². The number of rotatable bonds is 8. The molecule has 4 rings (SSSR count). The van der Waals surface area contributed by atoms with Crippen LogP contribution in [0.4, 0.5) is 0 Å². The van der Waals surface area contributed by atoms with Gasteiger partial charge in [-0.1, -0.05) is 42.5 Å². The molecule has 3 aromatic rings. The van der Waals surface area contributed by atoms with E-state index in [0.29, 0.717) is 32.7 Å². The van der Waals surface area contributed by atoms with Gasteiger partial charge in [-0.25, -0.2) is 0 Å². The van der Waals surface area contributed by atoms with Gasteiger partial charge in [0.15, 0.2) is 5.60 Å². The van der Waals surface area contributed by atoms with Gasteiger partial charge in [-0.15, -0.1) is 17.9 Å². The molecule has 31 heavy (non-hydrogen) atoms. The second kappa shape index (κ2) is 10.0. The number of nitrogens with zero attached hydrogens (tertiary/aromatic N) is 2. The molecule has 5 nitrogen and oxygen atoms in total. The molecule has 1 fully saturated rings. The minimum atomic E-state index is -0.944. The smallest absolute Gasteiger partial charge is 0.254 e. The summed E-state index contributed by atoms with van der Waals surface area (Å²) in [7, 11) is 0. The highest BCUT2D eigenvalue weighted by Gasteiger charge is 2.43. The van der Waals surface area contributed by atoms with Crippen LogP contribution < -0.4 is 5.32 Å². The molecule has 1 aliphatic heterocycles. The van der Waals surface area contributed by atoms with Gasteiger partial charge in [0.05, 0.1) is 12.3 Å². The predicted octanol–water partition coefficient (Wildman–Crippen LogP) is 3.93. The highest BCUT2D eigenvalue weighted by Crippen LogP contribution is 2.28. The monoisotopic (exact) mass is 433 g/mol. The largest absolute Gasteiger partial charge is 0.362 e. The summed E-state index contributed by atoms with van der Waals surface area (Å²) in [6, 6.07) is 18.5. The molecular weight excluding hydrogens is 406 g/mol. The molecule has 0 radical (unpaired) electrons. The van der Waals surface area contributed by atoms with E-state index in [9.17, 15) is 4.79 Å². The Morgan fingerprint density at radius 3 is 2.81 bits per heavy atom. The Morgan fingerprint density at radius 2 is 2.10 bits per heavy atom. The van der Waals surface area contributed by atoms with Crippen LogP contribution in [0.2, 0.25) is 0 Å². The van der Waals surface area contributed by atoms with Gasteiger partial charge < -0.3 is 10.1 Å². The second-order valence-corrected chi connectivity index (χ2v) is 8.67. The number of pyridine rings is 1. The summed E-state index contributed by atoms with van der Waals surface area (Å²) in [4.78, 5) is 21.1. The molecule has 1 unspecified atom stereocenters. The zero-order chi connectivity index (χ0) is 21.5. The topological polar surface area (TPSA) is 54.5 Å². The van der Waals surface area contributed by atoms with E-state index in [4.69, 9.17) is 4.74 Å². The van der Waals surface area contributed by atoms with Crippen molar-refractivity contribution in [3.8, 4) is 10.4 Å². The number of hydrogen-bond acceptors (Lipinski definition) is 5. The van der Waals surface area contributed by atoms with Crippen LogP contribution in [-0.2, 0) is 22.5 Å². The lowest BCUT2D eigenvalue weighted by atomic mass is 9.90. The standard InChI is InChI=1S/C25H27N3O2S/c1-2-12-27-24(29)25(17-20-8-10-21(11-9-20)23-7-5-16-31-23)19-28(14-15-30-25)18-22-6-3-4-13-26-22/h2-11,13,16H,1,12,14-15,17-19H2,(H,27,29). The Balaban J connectivity index is 1.54. The zero-order valence-electron chi connectivity index (χ0n) is 17.5. The van der Waals surface area contributed by atoms with Gasteiger partial charge in [0, 0.05) is 43.7 Å². The van der Waals surface area contributed by atoms with E-state index >= 15 is 0 Å². The van der Waals surface area contributed by atoms with Crippen LogP contribution in [0.1, 0.15) is 11.3 Å². The molecule has 0 saturated carbocycles. The molecule has 0 aliphatic carbocycles. The average Bonchev–Trinajstić information content (AvgIpc) is 3.34. The summed E-state index contributed by atoms with van der Waals surface area (Å²) in [6.45, 7) is 6.61. The van der Waals surface area contributed by atoms with E-state index in [2.05, 4.69) is 63.6 Å². The Hall–Kier alpha value is -2.80. The number of hydrogen-bond donors (Lipinski definition) is 1. The van der Waals surface area contributed by atoms with Crippen LogP contribution in [0.5, 0.6) is 0 Å². The number of aromatic nitrogens is 1. The van der Waals surface area contributed by atoms with Crippen molar-refractivity contribution in [3.05, 3.63) is 90.1 Å². The van der Waals surface area contributed by atoms with Gasteiger partial charge in [-0.3, -0.25) is 14.7 Å². The van der Waals surface area contributed by atoms with E-state index in [1.54, 1.807) is 23.6 Å². The minimum Gasteiger partial charge on any atom is -0.362 e. The maximum absolute atomic E-state index is 13.2. The van der Waals surface area contributed by atoms with Crippen LogP contribution in [0.3, 0.4) is 0 Å². The fraction of sp³-hybridized carbons (Fsp3) is 0.280. The highest BCUT2D eigenvalue weighted by molar-refractivity contribution is 7.13. The van der Waals surface area contributed by atoms with Crippen molar-refractivity contribution >= 4 is 17.2 Å². The predicted molar refractivity (Wildman–Crippen MR) is 125 cm³/mol. The van der Waals surface area contributed by atoms with Crippen molar-refractivity contribution < 1.29 is 9.53 Å². The lowest BCUT2D eigenvalue weighted by molar-refractivity contribution is -0.160. The molecule has 0 bridgehead atoms. The molecule has 1 N–H and O–H groups in total. The second-order valence-electron chi connectivity index (χ2n) is 7.72. The molecule has 1 amide bonds. The number of ether oxygens (including phenoxy) is 1. The zero-order valence-corrected chi connectivity index (χ0v) is 18.3. The Bertz CT molecular complexity index is 989. The quantitative estimate of drug-likeness (QED) is 0.547. The van der Waals surface area contributed by atoms with Crippen LogP contribution in [0.25, 0.3) is 10.4 Å². The molecule has 1 aromatic carbocycles. The maximum atomic E-state index is 13.2. The summed E-state index contributed by atoms with van der Waals surface area (Å²) in [5, 5.41) is 5.04. The third-order valence-electron chi connectivity index (χ3n) is 5.45. The van der Waals surface area contributed by atoms with E-state index in [0.717, 1.165) is 17.8 Å². The normalized spacial score (nSPS) is 19.1. The minimum absolute atomic E-state index is 0.0968. The maximum Gasteiger partial charge on any atom is 0.254 e. The van der Waals surface area contributed by atoms with Crippen LogP contribution in [-0.4, -0.2) is 47.6 Å². The summed E-state index contributed by atoms with van der Waals surface area (Å²) in [5.41, 5.74) is 2.31. The first-order valence-corrected chi connectivity index (χ1v) is 11.3. The molecule has 2 aromatic heterocycles. The Morgan fingerprint density at radius 1 is 1.23 bits per heavy atom. The third kappa shape index (κ3) is 5.28. The van der Waals surface area contributed by atoms with Crippen molar-refractivity contribution in [2.24, 2.45) is 0 Å². The summed E-state index contributed by atoms with van der Waals surface area (Å²) < 4.78 is 6.19. The number of carbonyl (C=O) groups excluding carboxylic acids is 1. The van der Waals surface area contributed by atoms with E-state index in [1.165, 1.54) is 10.4 Å². The van der Waals surface area contributed by atoms with Crippen LogP contribution in [0.15, 0.2) is 78.8 Å². The number of nitrogens with one attached hydrogen (secondary N) is 1.